The monoisotopic (exact) mass is 396 g/mol. The molecule has 0 bridgehead atoms. The molecular weight excluding hydrogens is 368 g/mol. The van der Waals surface area contributed by atoms with Crippen molar-refractivity contribution in [3.63, 3.8) is 0 Å². The third kappa shape index (κ3) is 2.79. The Balaban J connectivity index is 1.61. The third-order valence-electron chi connectivity index (χ3n) is 6.78. The number of rotatable bonds is 2. The number of nitrogens with zero attached hydrogens (tertiary/aromatic N) is 2. The summed E-state index contributed by atoms with van der Waals surface area (Å²) >= 11 is 0. The quantitative estimate of drug-likeness (QED) is 0.774. The van der Waals surface area contributed by atoms with Gasteiger partial charge in [0.1, 0.15) is 0 Å². The zero-order valence-electron chi connectivity index (χ0n) is 16.7. The summed E-state index contributed by atoms with van der Waals surface area (Å²) in [6.45, 7) is 3.93. The maximum absolute atomic E-state index is 13.8. The molecular formula is C23H28N2O2S. The summed E-state index contributed by atoms with van der Waals surface area (Å²) in [5, 5.41) is 0. The molecule has 0 radical (unpaired) electrons. The fraction of sp³-hybridized carbons (Fsp3) is 0.478. The van der Waals surface area contributed by atoms with E-state index in [1.165, 1.54) is 28.7 Å². The van der Waals surface area contributed by atoms with E-state index in [1.54, 1.807) is 4.31 Å². The summed E-state index contributed by atoms with van der Waals surface area (Å²) < 4.78 is 29.4. The molecule has 0 aromatic heterocycles. The molecule has 0 amide bonds. The number of anilines is 1. The van der Waals surface area contributed by atoms with E-state index in [4.69, 9.17) is 0 Å². The molecule has 1 aliphatic carbocycles. The van der Waals surface area contributed by atoms with Gasteiger partial charge >= 0.3 is 0 Å². The van der Waals surface area contributed by atoms with Crippen LogP contribution in [0.25, 0.3) is 0 Å². The van der Waals surface area contributed by atoms with Crippen molar-refractivity contribution < 1.29 is 8.42 Å². The van der Waals surface area contributed by atoms with E-state index in [9.17, 15) is 8.42 Å². The van der Waals surface area contributed by atoms with Crippen molar-refractivity contribution >= 4 is 15.7 Å². The highest BCUT2D eigenvalue weighted by molar-refractivity contribution is 7.92. The summed E-state index contributed by atoms with van der Waals surface area (Å²) in [4.78, 5) is 2.78. The highest BCUT2D eigenvalue weighted by atomic mass is 32.2. The van der Waals surface area contributed by atoms with Crippen molar-refractivity contribution in [3.05, 3.63) is 58.7 Å². The number of aryl methyl sites for hydroxylation is 3. The zero-order chi connectivity index (χ0) is 19.5. The summed E-state index contributed by atoms with van der Waals surface area (Å²) in [5.41, 5.74) is 5.81. The fourth-order valence-electron chi connectivity index (χ4n) is 5.33. The van der Waals surface area contributed by atoms with Gasteiger partial charge in [-0.05, 0) is 87.5 Å². The summed E-state index contributed by atoms with van der Waals surface area (Å²) in [6, 6.07) is 12.1. The Labute approximate surface area is 168 Å². The number of hydrogen-bond acceptors (Lipinski definition) is 3. The van der Waals surface area contributed by atoms with E-state index in [0.29, 0.717) is 4.90 Å². The Hall–Kier alpha value is -1.85. The SMILES string of the molecule is Cc1ccc2c(c1)[C@H]1CN(C)CC[C@@H]1N2S(=O)(=O)c1ccc2c(c1)CCCC2. The molecule has 0 unspecified atom stereocenters. The van der Waals surface area contributed by atoms with Gasteiger partial charge in [-0.3, -0.25) is 4.31 Å². The van der Waals surface area contributed by atoms with Gasteiger partial charge in [0.2, 0.25) is 0 Å². The maximum atomic E-state index is 13.8. The molecule has 2 aromatic carbocycles. The second kappa shape index (κ2) is 6.60. The van der Waals surface area contributed by atoms with Crippen LogP contribution in [0, 0.1) is 6.92 Å². The normalized spacial score (nSPS) is 24.6. The van der Waals surface area contributed by atoms with Crippen LogP contribution in [-0.4, -0.2) is 39.5 Å². The van der Waals surface area contributed by atoms with Crippen molar-refractivity contribution in [2.45, 2.75) is 55.9 Å². The zero-order valence-corrected chi connectivity index (χ0v) is 17.5. The minimum Gasteiger partial charge on any atom is -0.306 e. The second-order valence-corrected chi connectivity index (χ2v) is 10.5. The predicted molar refractivity (Wildman–Crippen MR) is 113 cm³/mol. The van der Waals surface area contributed by atoms with Crippen LogP contribution in [0.1, 0.15) is 47.4 Å². The topological polar surface area (TPSA) is 40.6 Å². The largest absolute Gasteiger partial charge is 0.306 e. The Morgan fingerprint density at radius 3 is 2.61 bits per heavy atom. The van der Waals surface area contributed by atoms with E-state index in [-0.39, 0.29) is 12.0 Å². The van der Waals surface area contributed by atoms with Crippen molar-refractivity contribution in [2.24, 2.45) is 0 Å². The Morgan fingerprint density at radius 1 is 1.00 bits per heavy atom. The molecule has 2 aliphatic heterocycles. The average molecular weight is 397 g/mol. The standard InChI is InChI=1S/C23H28N2O2S/c1-16-7-10-22-20(13-16)21-15-24(2)12-11-23(21)25(22)28(26,27)19-9-8-17-5-3-4-6-18(17)14-19/h7-10,13-14,21,23H,3-6,11-12,15H2,1-2H3/t21-,23+/m1/s1. The lowest BCUT2D eigenvalue weighted by molar-refractivity contribution is 0.237. The van der Waals surface area contributed by atoms with Gasteiger partial charge in [0, 0.05) is 12.5 Å². The molecule has 0 spiro atoms. The third-order valence-corrected chi connectivity index (χ3v) is 8.61. The van der Waals surface area contributed by atoms with Crippen molar-refractivity contribution in [2.75, 3.05) is 24.4 Å². The molecule has 2 atom stereocenters. The maximum Gasteiger partial charge on any atom is 0.264 e. The van der Waals surface area contributed by atoms with Crippen LogP contribution >= 0.6 is 0 Å². The lowest BCUT2D eigenvalue weighted by atomic mass is 9.89. The van der Waals surface area contributed by atoms with Gasteiger partial charge in [0.05, 0.1) is 16.6 Å². The molecule has 5 heteroatoms. The van der Waals surface area contributed by atoms with E-state index in [0.717, 1.165) is 44.5 Å². The van der Waals surface area contributed by atoms with Gasteiger partial charge < -0.3 is 4.90 Å². The van der Waals surface area contributed by atoms with Gasteiger partial charge in [-0.2, -0.15) is 0 Å². The van der Waals surface area contributed by atoms with Gasteiger partial charge in [0.15, 0.2) is 0 Å². The van der Waals surface area contributed by atoms with Gasteiger partial charge in [-0.15, -0.1) is 0 Å². The molecule has 2 aromatic rings. The van der Waals surface area contributed by atoms with Crippen LogP contribution < -0.4 is 4.31 Å². The number of benzene rings is 2. The van der Waals surface area contributed by atoms with E-state index in [2.05, 4.69) is 24.9 Å². The first kappa shape index (κ1) is 18.2. The number of likely N-dealkylation sites (tertiary alicyclic amines) is 1. The van der Waals surface area contributed by atoms with Crippen LogP contribution in [0.5, 0.6) is 0 Å². The second-order valence-electron chi connectivity index (χ2n) is 8.73. The Bertz CT molecular complexity index is 1030. The highest BCUT2D eigenvalue weighted by Crippen LogP contribution is 2.47. The molecule has 1 saturated heterocycles. The number of hydrogen-bond donors (Lipinski definition) is 0. The molecule has 0 saturated carbocycles. The molecule has 0 N–H and O–H groups in total. The minimum absolute atomic E-state index is 0.0223. The predicted octanol–water partition coefficient (Wildman–Crippen LogP) is 3.87. The lowest BCUT2D eigenvalue weighted by Crippen LogP contribution is -2.47. The summed E-state index contributed by atoms with van der Waals surface area (Å²) in [6.07, 6.45) is 5.29. The van der Waals surface area contributed by atoms with Crippen LogP contribution in [-0.2, 0) is 22.9 Å². The van der Waals surface area contributed by atoms with E-state index in [1.807, 2.05) is 30.3 Å². The highest BCUT2D eigenvalue weighted by Gasteiger charge is 2.46. The summed E-state index contributed by atoms with van der Waals surface area (Å²) in [7, 11) is -1.44. The molecule has 4 nitrogen and oxygen atoms in total. The van der Waals surface area contributed by atoms with E-state index < -0.39 is 10.0 Å². The molecule has 1 fully saturated rings. The van der Waals surface area contributed by atoms with Gasteiger partial charge in [-0.25, -0.2) is 8.42 Å². The van der Waals surface area contributed by atoms with Crippen LogP contribution in [0.4, 0.5) is 5.69 Å². The first-order valence-electron chi connectivity index (χ1n) is 10.4. The van der Waals surface area contributed by atoms with Crippen molar-refractivity contribution in [1.82, 2.24) is 4.90 Å². The van der Waals surface area contributed by atoms with Crippen LogP contribution in [0.15, 0.2) is 41.3 Å². The first-order valence-corrected chi connectivity index (χ1v) is 11.8. The van der Waals surface area contributed by atoms with Crippen LogP contribution in [0.3, 0.4) is 0 Å². The number of piperidine rings is 1. The number of likely N-dealkylation sites (N-methyl/N-ethyl adjacent to an activating group) is 1. The fourth-order valence-corrected chi connectivity index (χ4v) is 7.12. The molecule has 5 rings (SSSR count). The number of sulfonamides is 1. The molecule has 2 heterocycles. The minimum atomic E-state index is -3.57. The smallest absolute Gasteiger partial charge is 0.264 e. The molecule has 28 heavy (non-hydrogen) atoms. The van der Waals surface area contributed by atoms with Crippen molar-refractivity contribution in [1.29, 1.82) is 0 Å². The van der Waals surface area contributed by atoms with E-state index >= 15 is 0 Å². The van der Waals surface area contributed by atoms with Crippen molar-refractivity contribution in [3.8, 4) is 0 Å². The average Bonchev–Trinajstić information content (AvgIpc) is 3.01. The van der Waals surface area contributed by atoms with Crippen LogP contribution in [0.2, 0.25) is 0 Å². The van der Waals surface area contributed by atoms with Gasteiger partial charge in [-0.1, -0.05) is 23.8 Å². The Morgan fingerprint density at radius 2 is 1.79 bits per heavy atom. The summed E-state index contributed by atoms with van der Waals surface area (Å²) in [5.74, 6) is 0.251. The first-order chi connectivity index (χ1) is 13.4. The van der Waals surface area contributed by atoms with Gasteiger partial charge in [0.25, 0.3) is 10.0 Å². The molecule has 148 valence electrons. The number of fused-ring (bicyclic) bond motifs is 4. The molecule has 3 aliphatic rings. The lowest BCUT2D eigenvalue weighted by Gasteiger charge is -2.36. The Kier molecular flexibility index (Phi) is 4.29.